The maximum Gasteiger partial charge on any atom is 0.119 e. The molecule has 0 saturated carbocycles. The Morgan fingerprint density at radius 1 is 0.329 bits per heavy atom. The molecule has 2 aliphatic carbocycles. The lowest BCUT2D eigenvalue weighted by Crippen LogP contribution is -2.31. The minimum atomic E-state index is -0.198. The van der Waals surface area contributed by atoms with Crippen LogP contribution in [0.2, 0.25) is 0 Å². The molecule has 76 heavy (non-hydrogen) atoms. The first kappa shape index (κ1) is 49.6. The van der Waals surface area contributed by atoms with Gasteiger partial charge in [-0.15, -0.1) is 0 Å². The fraction of sp³-hybridized carbons (Fsp3) is 0.167. The molecule has 0 saturated heterocycles. The molecule has 0 atom stereocenters. The summed E-state index contributed by atoms with van der Waals surface area (Å²) in [7, 11) is 0. The zero-order valence-corrected chi connectivity index (χ0v) is 44.6. The van der Waals surface area contributed by atoms with Crippen molar-refractivity contribution in [2.75, 3.05) is 23.0 Å². The smallest absolute Gasteiger partial charge is 0.119 e. The summed E-state index contributed by atoms with van der Waals surface area (Å²) in [6.07, 6.45) is 1.87. The van der Waals surface area contributed by atoms with E-state index in [1.54, 1.807) is 0 Å². The molecule has 0 spiro atoms. The Morgan fingerprint density at radius 2 is 0.671 bits per heavy atom. The standard InChI is InChI=1S/C41H35N.C31H31NO2/c1-30-17-21-34(22-18-30)42(35-23-19-31(2)20-24-35)36-25-26-38-37-15-9-10-16-39(37)41(40(38)27-36,28-32-11-5-3-6-12-32)29-33-13-7-4-8-14-33;1-5-33-25-16-11-22(12-17-25)32(23-13-18-26(19-14-23)34-6-2)24-15-20-28-27-9-7-8-10-29(27)31(3,4)30(28)21-24/h3-27H,28-29H2,1-2H3;7-21H,5-6H2,1-4H3. The fourth-order valence-electron chi connectivity index (χ4n) is 11.7. The predicted molar refractivity (Wildman–Crippen MR) is 318 cm³/mol. The van der Waals surface area contributed by atoms with Crippen LogP contribution in [0.15, 0.2) is 243 Å². The highest BCUT2D eigenvalue weighted by Gasteiger charge is 2.44. The van der Waals surface area contributed by atoms with Gasteiger partial charge in [0.1, 0.15) is 11.5 Å². The number of fused-ring (bicyclic) bond motifs is 6. The third-order valence-electron chi connectivity index (χ3n) is 15.4. The molecule has 2 aliphatic rings. The molecule has 12 rings (SSSR count). The maximum absolute atomic E-state index is 5.68. The van der Waals surface area contributed by atoms with Crippen LogP contribution in [0.5, 0.6) is 11.5 Å². The molecule has 10 aromatic rings. The molecule has 10 aromatic carbocycles. The SMILES string of the molecule is CCOc1ccc(N(c2ccc(OCC)cc2)c2ccc3c(c2)C(C)(C)c2ccccc2-3)cc1.Cc1ccc(N(c2ccc(C)cc2)c2ccc3c(c2)C(Cc2ccccc2)(Cc2ccccc2)c2ccccc2-3)cc1. The van der Waals surface area contributed by atoms with Gasteiger partial charge in [-0.2, -0.15) is 0 Å². The second kappa shape index (κ2) is 21.3. The van der Waals surface area contributed by atoms with E-state index in [-0.39, 0.29) is 10.8 Å². The third kappa shape index (κ3) is 9.68. The molecule has 4 heteroatoms. The molecule has 4 nitrogen and oxygen atoms in total. The summed E-state index contributed by atoms with van der Waals surface area (Å²) in [6, 6.07) is 88.2. The summed E-state index contributed by atoms with van der Waals surface area (Å²) in [5.41, 5.74) is 22.7. The van der Waals surface area contributed by atoms with Crippen LogP contribution < -0.4 is 19.3 Å². The molecule has 0 bridgehead atoms. The first-order valence-electron chi connectivity index (χ1n) is 26.9. The third-order valence-corrected chi connectivity index (χ3v) is 15.4. The molecule has 0 radical (unpaired) electrons. The number of anilines is 6. The average Bonchev–Trinajstić information content (AvgIpc) is 4.06. The molecule has 0 heterocycles. The van der Waals surface area contributed by atoms with E-state index < -0.39 is 0 Å². The van der Waals surface area contributed by atoms with Gasteiger partial charge in [0.25, 0.3) is 0 Å². The van der Waals surface area contributed by atoms with E-state index in [1.807, 2.05) is 38.1 Å². The van der Waals surface area contributed by atoms with E-state index >= 15 is 0 Å². The Hall–Kier alpha value is -8.60. The van der Waals surface area contributed by atoms with Crippen LogP contribution in [0.4, 0.5) is 34.1 Å². The average molecular weight is 991 g/mol. The Morgan fingerprint density at radius 3 is 1.12 bits per heavy atom. The molecule has 0 fully saturated rings. The molecule has 0 amide bonds. The maximum atomic E-state index is 5.68. The number of benzene rings is 10. The van der Waals surface area contributed by atoms with E-state index in [9.17, 15) is 0 Å². The second-order valence-electron chi connectivity index (χ2n) is 20.8. The predicted octanol–water partition coefficient (Wildman–Crippen LogP) is 18.8. The van der Waals surface area contributed by atoms with E-state index in [4.69, 9.17) is 9.47 Å². The Bertz CT molecular complexity index is 3450. The lowest BCUT2D eigenvalue weighted by molar-refractivity contribution is 0.340. The topological polar surface area (TPSA) is 24.9 Å². The second-order valence-corrected chi connectivity index (χ2v) is 20.8. The number of hydrogen-bond donors (Lipinski definition) is 0. The fourth-order valence-corrected chi connectivity index (χ4v) is 11.7. The van der Waals surface area contributed by atoms with E-state index in [1.165, 1.54) is 72.4 Å². The molecular weight excluding hydrogens is 925 g/mol. The van der Waals surface area contributed by atoms with Crippen molar-refractivity contribution in [2.24, 2.45) is 0 Å². The number of hydrogen-bond acceptors (Lipinski definition) is 4. The first-order chi connectivity index (χ1) is 37.1. The lowest BCUT2D eigenvalue weighted by atomic mass is 9.69. The highest BCUT2D eigenvalue weighted by Crippen LogP contribution is 2.55. The zero-order valence-electron chi connectivity index (χ0n) is 44.6. The van der Waals surface area contributed by atoms with Crippen molar-refractivity contribution in [3.05, 3.63) is 287 Å². The van der Waals surface area contributed by atoms with Crippen molar-refractivity contribution in [2.45, 2.75) is 65.2 Å². The molecule has 0 aromatic heterocycles. The van der Waals surface area contributed by atoms with Gasteiger partial charge in [-0.3, -0.25) is 0 Å². The van der Waals surface area contributed by atoms with Crippen molar-refractivity contribution < 1.29 is 9.47 Å². The lowest BCUT2D eigenvalue weighted by Gasteiger charge is -2.34. The number of aryl methyl sites for hydroxylation is 2. The van der Waals surface area contributed by atoms with E-state index in [0.29, 0.717) is 13.2 Å². The number of ether oxygens (including phenoxy) is 2. The van der Waals surface area contributed by atoms with Crippen LogP contribution in [0, 0.1) is 13.8 Å². The highest BCUT2D eigenvalue weighted by atomic mass is 16.5. The number of nitrogens with zero attached hydrogens (tertiary/aromatic N) is 2. The van der Waals surface area contributed by atoms with Gasteiger partial charge in [0.05, 0.1) is 13.2 Å². The molecule has 0 aliphatic heterocycles. The summed E-state index contributed by atoms with van der Waals surface area (Å²) in [6.45, 7) is 14.3. The van der Waals surface area contributed by atoms with Gasteiger partial charge in [-0.05, 0) is 193 Å². The van der Waals surface area contributed by atoms with Gasteiger partial charge in [0.2, 0.25) is 0 Å². The van der Waals surface area contributed by atoms with E-state index in [2.05, 4.69) is 256 Å². The summed E-state index contributed by atoms with van der Waals surface area (Å²) < 4.78 is 11.4. The summed E-state index contributed by atoms with van der Waals surface area (Å²) in [5.74, 6) is 1.76. The summed E-state index contributed by atoms with van der Waals surface area (Å²) in [5, 5.41) is 0. The Balaban J connectivity index is 0.000000166. The van der Waals surface area contributed by atoms with Gasteiger partial charge in [-0.25, -0.2) is 0 Å². The largest absolute Gasteiger partial charge is 0.494 e. The van der Waals surface area contributed by atoms with Gasteiger partial charge < -0.3 is 19.3 Å². The minimum Gasteiger partial charge on any atom is -0.494 e. The normalized spacial score (nSPS) is 13.0. The first-order valence-corrected chi connectivity index (χ1v) is 26.9. The number of rotatable bonds is 14. The van der Waals surface area contributed by atoms with E-state index in [0.717, 1.165) is 52.8 Å². The van der Waals surface area contributed by atoms with Crippen molar-refractivity contribution in [1.82, 2.24) is 0 Å². The van der Waals surface area contributed by atoms with Gasteiger partial charge >= 0.3 is 0 Å². The molecule has 0 N–H and O–H groups in total. The zero-order chi connectivity index (χ0) is 52.2. The van der Waals surface area contributed by atoms with Crippen molar-refractivity contribution >= 4 is 34.1 Å². The van der Waals surface area contributed by atoms with Gasteiger partial charge in [0, 0.05) is 45.0 Å². The minimum absolute atomic E-state index is 0.0503. The Labute approximate surface area is 450 Å². The summed E-state index contributed by atoms with van der Waals surface area (Å²) >= 11 is 0. The van der Waals surface area contributed by atoms with Crippen LogP contribution in [0.1, 0.15) is 72.2 Å². The van der Waals surface area contributed by atoms with Crippen LogP contribution in [-0.4, -0.2) is 13.2 Å². The van der Waals surface area contributed by atoms with Crippen LogP contribution in [-0.2, 0) is 23.7 Å². The molecule has 376 valence electrons. The highest BCUT2D eigenvalue weighted by molar-refractivity contribution is 5.88. The van der Waals surface area contributed by atoms with Crippen molar-refractivity contribution in [1.29, 1.82) is 0 Å². The van der Waals surface area contributed by atoms with Gasteiger partial charge in [0.15, 0.2) is 0 Å². The van der Waals surface area contributed by atoms with Crippen molar-refractivity contribution in [3.63, 3.8) is 0 Å². The van der Waals surface area contributed by atoms with Crippen LogP contribution in [0.3, 0.4) is 0 Å². The Kier molecular flexibility index (Phi) is 13.9. The monoisotopic (exact) mass is 991 g/mol. The van der Waals surface area contributed by atoms with Crippen LogP contribution >= 0.6 is 0 Å². The summed E-state index contributed by atoms with van der Waals surface area (Å²) in [4.78, 5) is 4.70. The quantitative estimate of drug-likeness (QED) is 0.108. The van der Waals surface area contributed by atoms with Crippen LogP contribution in [0.25, 0.3) is 22.3 Å². The molecular formula is C72H66N2O2. The van der Waals surface area contributed by atoms with Crippen molar-refractivity contribution in [3.8, 4) is 33.8 Å². The molecule has 0 unspecified atom stereocenters. The van der Waals surface area contributed by atoms with Gasteiger partial charge in [-0.1, -0.05) is 171 Å².